The van der Waals surface area contributed by atoms with E-state index in [0.29, 0.717) is 33.3 Å². The molecule has 134 valence electrons. The Morgan fingerprint density at radius 3 is 2.96 bits per heavy atom. The van der Waals surface area contributed by atoms with Crippen molar-refractivity contribution in [3.63, 3.8) is 0 Å². The van der Waals surface area contributed by atoms with E-state index in [1.807, 2.05) is 25.1 Å². The summed E-state index contributed by atoms with van der Waals surface area (Å²) in [5.74, 6) is 1.18. The molecule has 0 spiro atoms. The normalized spacial score (nSPS) is 11.0. The molecule has 2 N–H and O–H groups in total. The molecule has 2 rings (SSSR count). The summed E-state index contributed by atoms with van der Waals surface area (Å²) in [5, 5.41) is 8.46. The van der Waals surface area contributed by atoms with E-state index < -0.39 is 0 Å². The van der Waals surface area contributed by atoms with E-state index in [-0.39, 0.29) is 0 Å². The lowest BCUT2D eigenvalue weighted by atomic mass is 10.2. The van der Waals surface area contributed by atoms with Gasteiger partial charge in [-0.3, -0.25) is 5.43 Å². The van der Waals surface area contributed by atoms with Crippen molar-refractivity contribution in [2.24, 2.45) is 5.10 Å². The Hall–Kier alpha value is -1.60. The van der Waals surface area contributed by atoms with Gasteiger partial charge >= 0.3 is 0 Å². The van der Waals surface area contributed by atoms with Crippen LogP contribution in [0.1, 0.15) is 19.1 Å². The lowest BCUT2D eigenvalue weighted by Crippen LogP contribution is -2.33. The first-order valence-corrected chi connectivity index (χ1v) is 8.97. The Morgan fingerprint density at radius 1 is 1.32 bits per heavy atom. The minimum atomic E-state index is 0.442. The van der Waals surface area contributed by atoms with Crippen LogP contribution in [-0.4, -0.2) is 31.1 Å². The summed E-state index contributed by atoms with van der Waals surface area (Å²) in [6, 6.07) is 8.98. The van der Waals surface area contributed by atoms with E-state index >= 15 is 0 Å². The summed E-state index contributed by atoms with van der Waals surface area (Å²) in [5.41, 5.74) is 3.46. The maximum Gasteiger partial charge on any atom is 0.186 e. The van der Waals surface area contributed by atoms with Crippen LogP contribution in [0.3, 0.4) is 0 Å². The maximum absolute atomic E-state index is 6.19. The van der Waals surface area contributed by atoms with Crippen molar-refractivity contribution in [2.75, 3.05) is 19.8 Å². The lowest BCUT2D eigenvalue weighted by Gasteiger charge is -2.06. The van der Waals surface area contributed by atoms with Gasteiger partial charge in [0.2, 0.25) is 0 Å². The molecule has 0 aliphatic rings. The zero-order valence-corrected chi connectivity index (χ0v) is 16.0. The summed E-state index contributed by atoms with van der Waals surface area (Å²) in [7, 11) is 0. The van der Waals surface area contributed by atoms with Crippen molar-refractivity contribution in [1.82, 2.24) is 10.7 Å². The smallest absolute Gasteiger partial charge is 0.186 e. The lowest BCUT2D eigenvalue weighted by molar-refractivity contribution is 0.145. The van der Waals surface area contributed by atoms with Crippen molar-refractivity contribution in [1.29, 1.82) is 0 Å². The molecule has 0 atom stereocenters. The Kier molecular flexibility index (Phi) is 8.21. The predicted octanol–water partition coefficient (Wildman–Crippen LogP) is 4.48. The van der Waals surface area contributed by atoms with Crippen LogP contribution < -0.4 is 10.7 Å². The predicted molar refractivity (Wildman–Crippen MR) is 107 cm³/mol. The first kappa shape index (κ1) is 19.7. The molecule has 0 radical (unpaired) electrons. The van der Waals surface area contributed by atoms with Gasteiger partial charge in [0.1, 0.15) is 11.5 Å². The zero-order chi connectivity index (χ0) is 18.1. The molecule has 0 amide bonds. The van der Waals surface area contributed by atoms with E-state index in [0.717, 1.165) is 25.1 Å². The van der Waals surface area contributed by atoms with Crippen LogP contribution >= 0.6 is 35.4 Å². The van der Waals surface area contributed by atoms with Gasteiger partial charge in [0.25, 0.3) is 0 Å². The molecule has 8 heteroatoms. The Balaban J connectivity index is 1.83. The van der Waals surface area contributed by atoms with E-state index in [1.165, 1.54) is 6.21 Å². The molecule has 0 aliphatic carbocycles. The number of hydrazone groups is 1. The standard InChI is InChI=1S/C17H19Cl2N3O2S/c1-2-23-10-4-9-20-17(25)22-21-11-12-7-8-15(24-12)13-5-3-6-14(18)16(13)19/h3,5-8,11H,2,4,9-10H2,1H3,(H2,20,22,25)/b21-11-. The minimum Gasteiger partial charge on any atom is -0.455 e. The number of hydrogen-bond acceptors (Lipinski definition) is 4. The first-order chi connectivity index (χ1) is 12.1. The van der Waals surface area contributed by atoms with Gasteiger partial charge in [-0.05, 0) is 49.8 Å². The summed E-state index contributed by atoms with van der Waals surface area (Å²) >= 11 is 17.3. The Bertz CT molecular complexity index is 734. The fourth-order valence-corrected chi connectivity index (χ4v) is 2.52. The molecule has 2 aromatic rings. The topological polar surface area (TPSA) is 58.8 Å². The minimum absolute atomic E-state index is 0.442. The summed E-state index contributed by atoms with van der Waals surface area (Å²) in [4.78, 5) is 0. The molecular weight excluding hydrogens is 381 g/mol. The van der Waals surface area contributed by atoms with Crippen LogP contribution in [0.15, 0.2) is 39.9 Å². The number of halogens is 2. The molecule has 0 saturated heterocycles. The fraction of sp³-hybridized carbons (Fsp3) is 0.294. The second-order valence-corrected chi connectivity index (χ2v) is 6.17. The molecule has 1 heterocycles. The van der Waals surface area contributed by atoms with Crippen LogP contribution in [0.2, 0.25) is 10.0 Å². The third-order valence-electron chi connectivity index (χ3n) is 3.16. The van der Waals surface area contributed by atoms with Gasteiger partial charge in [-0.2, -0.15) is 5.10 Å². The molecule has 1 aromatic carbocycles. The summed E-state index contributed by atoms with van der Waals surface area (Å²) < 4.78 is 10.9. The zero-order valence-electron chi connectivity index (χ0n) is 13.7. The number of benzene rings is 1. The fourth-order valence-electron chi connectivity index (χ4n) is 1.98. The third kappa shape index (κ3) is 6.32. The number of nitrogens with one attached hydrogen (secondary N) is 2. The summed E-state index contributed by atoms with van der Waals surface area (Å²) in [6.07, 6.45) is 2.41. The Morgan fingerprint density at radius 2 is 2.16 bits per heavy atom. The second kappa shape index (κ2) is 10.4. The number of ether oxygens (including phenoxy) is 1. The van der Waals surface area contributed by atoms with Crippen molar-refractivity contribution in [3.05, 3.63) is 46.1 Å². The van der Waals surface area contributed by atoms with Crippen LogP contribution in [0, 0.1) is 0 Å². The first-order valence-electron chi connectivity index (χ1n) is 7.80. The second-order valence-electron chi connectivity index (χ2n) is 4.98. The number of furan rings is 1. The molecular formula is C17H19Cl2N3O2S. The van der Waals surface area contributed by atoms with Gasteiger partial charge in [0.15, 0.2) is 5.11 Å². The Labute approximate surface area is 162 Å². The van der Waals surface area contributed by atoms with Gasteiger partial charge in [-0.25, -0.2) is 0 Å². The summed E-state index contributed by atoms with van der Waals surface area (Å²) in [6.45, 7) is 4.11. The van der Waals surface area contributed by atoms with Crippen LogP contribution in [-0.2, 0) is 4.74 Å². The highest BCUT2D eigenvalue weighted by Crippen LogP contribution is 2.34. The molecule has 1 aromatic heterocycles. The molecule has 0 unspecified atom stereocenters. The SMILES string of the molecule is CCOCCCNC(=S)N/N=C\c1ccc(-c2cccc(Cl)c2Cl)o1. The van der Waals surface area contributed by atoms with Gasteiger partial charge in [0, 0.05) is 25.3 Å². The number of thiocarbonyl (C=S) groups is 1. The average Bonchev–Trinajstić information content (AvgIpc) is 3.06. The van der Waals surface area contributed by atoms with Crippen LogP contribution in [0.25, 0.3) is 11.3 Å². The number of rotatable bonds is 8. The maximum atomic E-state index is 6.19. The third-order valence-corrected chi connectivity index (χ3v) is 4.21. The van der Waals surface area contributed by atoms with E-state index in [4.69, 9.17) is 44.6 Å². The highest BCUT2D eigenvalue weighted by atomic mass is 35.5. The quantitative estimate of drug-likeness (QED) is 0.296. The highest BCUT2D eigenvalue weighted by Gasteiger charge is 2.10. The van der Waals surface area contributed by atoms with Crippen LogP contribution in [0.5, 0.6) is 0 Å². The number of hydrogen-bond donors (Lipinski definition) is 2. The van der Waals surface area contributed by atoms with Crippen molar-refractivity contribution in [2.45, 2.75) is 13.3 Å². The molecule has 0 aliphatic heterocycles. The average molecular weight is 400 g/mol. The molecule has 0 saturated carbocycles. The van der Waals surface area contributed by atoms with Gasteiger partial charge < -0.3 is 14.5 Å². The van der Waals surface area contributed by atoms with Gasteiger partial charge in [0.05, 0.1) is 16.3 Å². The molecule has 5 nitrogen and oxygen atoms in total. The molecule has 25 heavy (non-hydrogen) atoms. The monoisotopic (exact) mass is 399 g/mol. The highest BCUT2D eigenvalue weighted by molar-refractivity contribution is 7.80. The number of nitrogens with zero attached hydrogens (tertiary/aromatic N) is 1. The van der Waals surface area contributed by atoms with Gasteiger partial charge in [-0.1, -0.05) is 29.3 Å². The largest absolute Gasteiger partial charge is 0.455 e. The molecule has 0 bridgehead atoms. The van der Waals surface area contributed by atoms with Crippen molar-refractivity contribution >= 4 is 46.7 Å². The van der Waals surface area contributed by atoms with Crippen molar-refractivity contribution in [3.8, 4) is 11.3 Å². The van der Waals surface area contributed by atoms with Crippen LogP contribution in [0.4, 0.5) is 0 Å². The van der Waals surface area contributed by atoms with Gasteiger partial charge in [-0.15, -0.1) is 0 Å². The van der Waals surface area contributed by atoms with E-state index in [2.05, 4.69) is 15.8 Å². The van der Waals surface area contributed by atoms with Crippen molar-refractivity contribution < 1.29 is 9.15 Å². The molecule has 0 fully saturated rings. The van der Waals surface area contributed by atoms with E-state index in [9.17, 15) is 0 Å². The van der Waals surface area contributed by atoms with E-state index in [1.54, 1.807) is 12.1 Å².